The SMILES string of the molecule is Cc1ccc(NC(=O)N2CCCN(C(=O)c3ccc(F)cc3)C2C(=O)NCCN)cc1. The van der Waals surface area contributed by atoms with Crippen LogP contribution < -0.4 is 16.4 Å². The van der Waals surface area contributed by atoms with Crippen molar-refractivity contribution in [2.75, 3.05) is 31.5 Å². The Hall–Kier alpha value is -3.46. The molecule has 164 valence electrons. The van der Waals surface area contributed by atoms with Gasteiger partial charge in [0.05, 0.1) is 0 Å². The number of carbonyl (C=O) groups excluding carboxylic acids is 3. The first-order chi connectivity index (χ1) is 14.9. The molecule has 1 fully saturated rings. The summed E-state index contributed by atoms with van der Waals surface area (Å²) in [6, 6.07) is 11.8. The summed E-state index contributed by atoms with van der Waals surface area (Å²) in [6.45, 7) is 2.95. The fraction of sp³-hybridized carbons (Fsp3) is 0.318. The van der Waals surface area contributed by atoms with E-state index >= 15 is 0 Å². The zero-order valence-corrected chi connectivity index (χ0v) is 17.3. The molecule has 1 aliphatic rings. The van der Waals surface area contributed by atoms with Crippen molar-refractivity contribution in [1.29, 1.82) is 0 Å². The van der Waals surface area contributed by atoms with E-state index in [9.17, 15) is 18.8 Å². The van der Waals surface area contributed by atoms with Gasteiger partial charge in [-0.3, -0.25) is 14.5 Å². The van der Waals surface area contributed by atoms with Crippen LogP contribution in [0.3, 0.4) is 0 Å². The molecule has 31 heavy (non-hydrogen) atoms. The fourth-order valence-electron chi connectivity index (χ4n) is 3.41. The number of benzene rings is 2. The Balaban J connectivity index is 1.86. The summed E-state index contributed by atoms with van der Waals surface area (Å²) >= 11 is 0. The van der Waals surface area contributed by atoms with Gasteiger partial charge < -0.3 is 21.3 Å². The average molecular weight is 427 g/mol. The molecule has 1 unspecified atom stereocenters. The summed E-state index contributed by atoms with van der Waals surface area (Å²) in [5.41, 5.74) is 7.36. The van der Waals surface area contributed by atoms with Crippen LogP contribution in [0.25, 0.3) is 0 Å². The molecule has 1 aliphatic heterocycles. The lowest BCUT2D eigenvalue weighted by Crippen LogP contribution is -2.64. The number of hydrogen-bond acceptors (Lipinski definition) is 4. The van der Waals surface area contributed by atoms with Crippen molar-refractivity contribution in [2.45, 2.75) is 19.5 Å². The van der Waals surface area contributed by atoms with Gasteiger partial charge >= 0.3 is 6.03 Å². The lowest BCUT2D eigenvalue weighted by atomic mass is 10.1. The van der Waals surface area contributed by atoms with Gasteiger partial charge in [0.2, 0.25) is 0 Å². The van der Waals surface area contributed by atoms with E-state index in [1.165, 1.54) is 34.1 Å². The van der Waals surface area contributed by atoms with Crippen molar-refractivity contribution in [2.24, 2.45) is 5.73 Å². The zero-order chi connectivity index (χ0) is 22.4. The number of amides is 4. The first-order valence-electron chi connectivity index (χ1n) is 10.1. The van der Waals surface area contributed by atoms with Gasteiger partial charge in [-0.2, -0.15) is 0 Å². The third-order valence-electron chi connectivity index (χ3n) is 4.98. The van der Waals surface area contributed by atoms with Crippen molar-refractivity contribution >= 4 is 23.5 Å². The standard InChI is InChI=1S/C22H26FN5O3/c1-15-3-9-18(10-4-15)26-22(31)28-14-2-13-27(20(28)19(29)25-12-11-24)21(30)16-5-7-17(23)8-6-16/h3-10,20H,2,11-14,24H2,1H3,(H,25,29)(H,26,31). The maximum absolute atomic E-state index is 13.3. The van der Waals surface area contributed by atoms with Crippen molar-refractivity contribution in [1.82, 2.24) is 15.1 Å². The molecule has 1 saturated heterocycles. The molecule has 4 N–H and O–H groups in total. The molecule has 0 aliphatic carbocycles. The second-order valence-electron chi connectivity index (χ2n) is 7.30. The van der Waals surface area contributed by atoms with E-state index in [0.717, 1.165) is 5.56 Å². The Morgan fingerprint density at radius 1 is 1.03 bits per heavy atom. The van der Waals surface area contributed by atoms with Gasteiger partial charge in [-0.25, -0.2) is 9.18 Å². The first kappa shape index (κ1) is 22.2. The topological polar surface area (TPSA) is 108 Å². The predicted octanol–water partition coefficient (Wildman–Crippen LogP) is 1.92. The van der Waals surface area contributed by atoms with Crippen LogP contribution in [0.4, 0.5) is 14.9 Å². The van der Waals surface area contributed by atoms with Crippen molar-refractivity contribution in [3.8, 4) is 0 Å². The number of urea groups is 1. The van der Waals surface area contributed by atoms with Gasteiger partial charge in [0, 0.05) is 37.4 Å². The molecule has 2 aromatic carbocycles. The van der Waals surface area contributed by atoms with Gasteiger partial charge in [-0.15, -0.1) is 0 Å². The molecular formula is C22H26FN5O3. The quantitative estimate of drug-likeness (QED) is 0.677. The van der Waals surface area contributed by atoms with Crippen LogP contribution in [-0.4, -0.2) is 60.0 Å². The fourth-order valence-corrected chi connectivity index (χ4v) is 3.41. The number of carbonyl (C=O) groups is 3. The third-order valence-corrected chi connectivity index (χ3v) is 4.98. The van der Waals surface area contributed by atoms with Gasteiger partial charge in [0.1, 0.15) is 5.82 Å². The van der Waals surface area contributed by atoms with E-state index in [2.05, 4.69) is 10.6 Å². The number of nitrogens with two attached hydrogens (primary N) is 1. The molecule has 1 heterocycles. The Kier molecular flexibility index (Phi) is 7.19. The van der Waals surface area contributed by atoms with Gasteiger partial charge in [0.25, 0.3) is 11.8 Å². The highest BCUT2D eigenvalue weighted by atomic mass is 19.1. The number of nitrogens with one attached hydrogen (secondary N) is 2. The van der Waals surface area contributed by atoms with Crippen LogP contribution in [0.2, 0.25) is 0 Å². The largest absolute Gasteiger partial charge is 0.351 e. The highest BCUT2D eigenvalue weighted by Gasteiger charge is 2.40. The number of aryl methyl sites for hydroxylation is 1. The molecule has 4 amide bonds. The normalized spacial score (nSPS) is 16.0. The smallest absolute Gasteiger partial charge is 0.323 e. The summed E-state index contributed by atoms with van der Waals surface area (Å²) in [7, 11) is 0. The van der Waals surface area contributed by atoms with E-state index in [1.54, 1.807) is 12.1 Å². The van der Waals surface area contributed by atoms with Gasteiger partial charge in [0.15, 0.2) is 6.17 Å². The predicted molar refractivity (Wildman–Crippen MR) is 115 cm³/mol. The molecule has 3 rings (SSSR count). The molecular weight excluding hydrogens is 401 g/mol. The Morgan fingerprint density at radius 3 is 2.32 bits per heavy atom. The molecule has 0 saturated carbocycles. The summed E-state index contributed by atoms with van der Waals surface area (Å²) in [5.74, 6) is -1.42. The summed E-state index contributed by atoms with van der Waals surface area (Å²) < 4.78 is 13.3. The summed E-state index contributed by atoms with van der Waals surface area (Å²) in [6.07, 6.45) is -0.655. The molecule has 8 nitrogen and oxygen atoms in total. The highest BCUT2D eigenvalue weighted by Crippen LogP contribution is 2.20. The number of nitrogens with zero attached hydrogens (tertiary/aromatic N) is 2. The van der Waals surface area contributed by atoms with Crippen LogP contribution in [0.1, 0.15) is 22.3 Å². The number of rotatable bonds is 5. The number of halogens is 1. The minimum Gasteiger partial charge on any atom is -0.351 e. The molecule has 9 heteroatoms. The highest BCUT2D eigenvalue weighted by molar-refractivity contribution is 6.00. The molecule has 0 aromatic heterocycles. The van der Waals surface area contributed by atoms with Crippen molar-refractivity contribution in [3.63, 3.8) is 0 Å². The lowest BCUT2D eigenvalue weighted by molar-refractivity contribution is -0.132. The van der Waals surface area contributed by atoms with Gasteiger partial charge in [-0.05, 0) is 49.7 Å². The van der Waals surface area contributed by atoms with Crippen molar-refractivity contribution in [3.05, 3.63) is 65.5 Å². The van der Waals surface area contributed by atoms with E-state index in [-0.39, 0.29) is 25.2 Å². The number of hydrogen-bond donors (Lipinski definition) is 3. The minimum atomic E-state index is -1.15. The maximum atomic E-state index is 13.3. The Bertz CT molecular complexity index is 933. The van der Waals surface area contributed by atoms with Crippen LogP contribution in [0.5, 0.6) is 0 Å². The average Bonchev–Trinajstić information content (AvgIpc) is 2.78. The van der Waals surface area contributed by atoms with Crippen LogP contribution in [0, 0.1) is 12.7 Å². The molecule has 0 radical (unpaired) electrons. The van der Waals surface area contributed by atoms with E-state index in [4.69, 9.17) is 5.73 Å². The second kappa shape index (κ2) is 10.0. The molecule has 0 bridgehead atoms. The van der Waals surface area contributed by atoms with E-state index < -0.39 is 29.8 Å². The van der Waals surface area contributed by atoms with E-state index in [0.29, 0.717) is 18.7 Å². The maximum Gasteiger partial charge on any atom is 0.323 e. The molecule has 2 aromatic rings. The summed E-state index contributed by atoms with van der Waals surface area (Å²) in [5, 5.41) is 5.45. The minimum absolute atomic E-state index is 0.210. The van der Waals surface area contributed by atoms with Crippen LogP contribution in [0.15, 0.2) is 48.5 Å². The lowest BCUT2D eigenvalue weighted by Gasteiger charge is -2.42. The Labute approximate surface area is 180 Å². The summed E-state index contributed by atoms with van der Waals surface area (Å²) in [4.78, 5) is 41.7. The second-order valence-corrected chi connectivity index (χ2v) is 7.30. The Morgan fingerprint density at radius 2 is 1.68 bits per heavy atom. The van der Waals surface area contributed by atoms with Crippen molar-refractivity contribution < 1.29 is 18.8 Å². The first-order valence-corrected chi connectivity index (χ1v) is 10.1. The monoisotopic (exact) mass is 427 g/mol. The third kappa shape index (κ3) is 5.37. The molecule has 0 spiro atoms. The number of anilines is 1. The zero-order valence-electron chi connectivity index (χ0n) is 17.3. The van der Waals surface area contributed by atoms with Crippen LogP contribution >= 0.6 is 0 Å². The van der Waals surface area contributed by atoms with Gasteiger partial charge in [-0.1, -0.05) is 17.7 Å². The molecule has 1 atom stereocenters. The van der Waals surface area contributed by atoms with Crippen LogP contribution in [-0.2, 0) is 4.79 Å². The van der Waals surface area contributed by atoms with E-state index in [1.807, 2.05) is 19.1 Å².